The third-order valence-corrected chi connectivity index (χ3v) is 6.44. The highest BCUT2D eigenvalue weighted by Crippen LogP contribution is 2.25. The highest BCUT2D eigenvalue weighted by atomic mass is 127. The number of ether oxygens (including phenoxy) is 1. The van der Waals surface area contributed by atoms with E-state index in [-0.39, 0.29) is 5.02 Å². The van der Waals surface area contributed by atoms with E-state index >= 15 is 0 Å². The van der Waals surface area contributed by atoms with Gasteiger partial charge in [-0.3, -0.25) is 0 Å². The Kier molecular flexibility index (Phi) is 9.27. The molecule has 142 valence electrons. The lowest BCUT2D eigenvalue weighted by molar-refractivity contribution is 0.414. The van der Waals surface area contributed by atoms with Gasteiger partial charge in [-0.25, -0.2) is 9.97 Å². The number of hydrogen-bond donors (Lipinski definition) is 1. The van der Waals surface area contributed by atoms with E-state index in [9.17, 15) is 4.39 Å². The predicted octanol–water partition coefficient (Wildman–Crippen LogP) is 6.44. The number of hydrogen-bond acceptors (Lipinski definition) is 4. The smallest absolute Gasteiger partial charge is 0.232 e. The van der Waals surface area contributed by atoms with Crippen molar-refractivity contribution >= 4 is 74.2 Å². The molecule has 0 bridgehead atoms. The molecule has 0 atom stereocenters. The maximum absolute atomic E-state index is 12.3. The zero-order chi connectivity index (χ0) is 19.8. The number of benzene rings is 1. The van der Waals surface area contributed by atoms with E-state index in [0.717, 1.165) is 14.9 Å². The van der Waals surface area contributed by atoms with E-state index < -0.39 is 5.95 Å². The van der Waals surface area contributed by atoms with Crippen LogP contribution in [0, 0.1) is 13.1 Å². The molecular weight excluding hydrogens is 618 g/mol. The molecule has 1 aromatic carbocycles. The van der Waals surface area contributed by atoms with Crippen molar-refractivity contribution < 1.29 is 9.13 Å². The Hall–Kier alpha value is -0.910. The fourth-order valence-electron chi connectivity index (χ4n) is 1.87. The SMILES string of the molecule is COc1ccc(CNc2nccc(I)c2Cl)cc1.Fc1nccc(I)c1Cl. The molecule has 0 aliphatic rings. The summed E-state index contributed by atoms with van der Waals surface area (Å²) in [4.78, 5) is 7.55. The number of halogens is 5. The van der Waals surface area contributed by atoms with Crippen LogP contribution in [0.2, 0.25) is 10.0 Å². The molecule has 0 unspecified atom stereocenters. The minimum atomic E-state index is -0.608. The molecule has 0 radical (unpaired) electrons. The summed E-state index contributed by atoms with van der Waals surface area (Å²) in [6, 6.07) is 11.4. The van der Waals surface area contributed by atoms with Crippen LogP contribution in [-0.4, -0.2) is 17.1 Å². The highest BCUT2D eigenvalue weighted by Gasteiger charge is 2.05. The molecule has 1 N–H and O–H groups in total. The molecule has 27 heavy (non-hydrogen) atoms. The van der Waals surface area contributed by atoms with Crippen LogP contribution in [0.3, 0.4) is 0 Å². The lowest BCUT2D eigenvalue weighted by Gasteiger charge is -2.08. The normalized spacial score (nSPS) is 10.0. The second-order valence-electron chi connectivity index (χ2n) is 5.05. The monoisotopic (exact) mass is 631 g/mol. The Morgan fingerprint density at radius 1 is 0.963 bits per heavy atom. The molecule has 0 aliphatic heterocycles. The summed E-state index contributed by atoms with van der Waals surface area (Å²) < 4.78 is 19.1. The topological polar surface area (TPSA) is 47.0 Å². The van der Waals surface area contributed by atoms with Crippen LogP contribution in [0.4, 0.5) is 10.2 Å². The van der Waals surface area contributed by atoms with E-state index in [1.165, 1.54) is 6.20 Å². The number of nitrogens with one attached hydrogen (secondary N) is 1. The summed E-state index contributed by atoms with van der Waals surface area (Å²) in [6.45, 7) is 0.677. The van der Waals surface area contributed by atoms with E-state index in [2.05, 4.69) is 37.9 Å². The Labute approximate surface area is 194 Å². The summed E-state index contributed by atoms with van der Waals surface area (Å²) in [7, 11) is 1.66. The summed E-state index contributed by atoms with van der Waals surface area (Å²) in [5.74, 6) is 0.951. The molecule has 9 heteroatoms. The Morgan fingerprint density at radius 3 is 2.11 bits per heavy atom. The van der Waals surface area contributed by atoms with Crippen LogP contribution in [-0.2, 0) is 6.54 Å². The van der Waals surface area contributed by atoms with Gasteiger partial charge >= 0.3 is 0 Å². The van der Waals surface area contributed by atoms with E-state index in [0.29, 0.717) is 21.0 Å². The van der Waals surface area contributed by atoms with Gasteiger partial charge in [0.25, 0.3) is 0 Å². The molecule has 2 aromatic heterocycles. The quantitative estimate of drug-likeness (QED) is 0.266. The van der Waals surface area contributed by atoms with Gasteiger partial charge < -0.3 is 10.1 Å². The molecule has 0 aliphatic carbocycles. The molecule has 2 heterocycles. The van der Waals surface area contributed by atoms with E-state index in [1.54, 1.807) is 19.4 Å². The first kappa shape index (κ1) is 22.4. The number of nitrogens with zero attached hydrogens (tertiary/aromatic N) is 2. The maximum atomic E-state index is 12.3. The average molecular weight is 632 g/mol. The molecule has 4 nitrogen and oxygen atoms in total. The van der Waals surface area contributed by atoms with Crippen molar-refractivity contribution in [2.24, 2.45) is 0 Å². The molecule has 3 aromatic rings. The van der Waals surface area contributed by atoms with Gasteiger partial charge in [0.15, 0.2) is 0 Å². The highest BCUT2D eigenvalue weighted by molar-refractivity contribution is 14.1. The van der Waals surface area contributed by atoms with Crippen molar-refractivity contribution in [1.29, 1.82) is 0 Å². The van der Waals surface area contributed by atoms with Gasteiger partial charge in [0.2, 0.25) is 5.95 Å². The molecule has 0 saturated carbocycles. The minimum absolute atomic E-state index is 0.0955. The lowest BCUT2D eigenvalue weighted by Crippen LogP contribution is -2.02. The van der Waals surface area contributed by atoms with Crippen LogP contribution >= 0.6 is 68.4 Å². The van der Waals surface area contributed by atoms with Crippen molar-refractivity contribution in [3.8, 4) is 5.75 Å². The minimum Gasteiger partial charge on any atom is -0.497 e. The first-order chi connectivity index (χ1) is 12.9. The van der Waals surface area contributed by atoms with Gasteiger partial charge in [-0.1, -0.05) is 35.3 Å². The number of methoxy groups -OCH3 is 1. The van der Waals surface area contributed by atoms with Crippen LogP contribution in [0.5, 0.6) is 5.75 Å². The second kappa shape index (κ2) is 11.2. The van der Waals surface area contributed by atoms with Gasteiger partial charge in [0, 0.05) is 26.1 Å². The molecular formula is C18H14Cl2FI2N3O. The third kappa shape index (κ3) is 6.88. The molecule has 3 rings (SSSR count). The summed E-state index contributed by atoms with van der Waals surface area (Å²) >= 11 is 15.7. The zero-order valence-electron chi connectivity index (χ0n) is 14.0. The molecule has 0 saturated heterocycles. The van der Waals surface area contributed by atoms with Crippen molar-refractivity contribution in [2.75, 3.05) is 12.4 Å². The summed E-state index contributed by atoms with van der Waals surface area (Å²) in [5, 5.41) is 3.97. The fourth-order valence-corrected chi connectivity index (χ4v) is 2.96. The van der Waals surface area contributed by atoms with Crippen molar-refractivity contribution in [2.45, 2.75) is 6.54 Å². The van der Waals surface area contributed by atoms with Crippen LogP contribution < -0.4 is 10.1 Å². The maximum Gasteiger partial charge on any atom is 0.232 e. The summed E-state index contributed by atoms with van der Waals surface area (Å²) in [6.07, 6.45) is 3.12. The second-order valence-corrected chi connectivity index (χ2v) is 8.13. The molecule has 0 spiro atoms. The largest absolute Gasteiger partial charge is 0.497 e. The van der Waals surface area contributed by atoms with Crippen LogP contribution in [0.1, 0.15) is 5.56 Å². The standard InChI is InChI=1S/C13H12ClIN2O.C5H2ClFIN/c1-18-10-4-2-9(3-5-10)8-17-13-12(14)11(15)6-7-16-13;6-4-3(8)1-2-9-5(4)7/h2-7H,8H2,1H3,(H,16,17);1-2H. The fraction of sp³-hybridized carbons (Fsp3) is 0.111. The summed E-state index contributed by atoms with van der Waals surface area (Å²) in [5.41, 5.74) is 1.15. The lowest BCUT2D eigenvalue weighted by atomic mass is 10.2. The number of pyridine rings is 2. The van der Waals surface area contributed by atoms with Gasteiger partial charge in [0.05, 0.1) is 12.1 Å². The first-order valence-corrected chi connectivity index (χ1v) is 10.5. The average Bonchev–Trinajstić information content (AvgIpc) is 2.68. The van der Waals surface area contributed by atoms with Crippen LogP contribution in [0.15, 0.2) is 48.8 Å². The molecule has 0 amide bonds. The number of anilines is 1. The van der Waals surface area contributed by atoms with Crippen LogP contribution in [0.25, 0.3) is 0 Å². The zero-order valence-corrected chi connectivity index (χ0v) is 19.8. The number of aromatic nitrogens is 2. The van der Waals surface area contributed by atoms with Gasteiger partial charge in [-0.15, -0.1) is 0 Å². The Bertz CT molecular complexity index is 878. The third-order valence-electron chi connectivity index (χ3n) is 3.26. The van der Waals surface area contributed by atoms with Gasteiger partial charge in [-0.2, -0.15) is 4.39 Å². The van der Waals surface area contributed by atoms with E-state index in [1.807, 2.05) is 52.9 Å². The van der Waals surface area contributed by atoms with Gasteiger partial charge in [0.1, 0.15) is 16.6 Å². The molecule has 0 fully saturated rings. The van der Waals surface area contributed by atoms with Gasteiger partial charge in [-0.05, 0) is 75.0 Å². The van der Waals surface area contributed by atoms with E-state index in [4.69, 9.17) is 27.9 Å². The van der Waals surface area contributed by atoms with Crippen molar-refractivity contribution in [1.82, 2.24) is 9.97 Å². The van der Waals surface area contributed by atoms with Crippen molar-refractivity contribution in [3.63, 3.8) is 0 Å². The predicted molar refractivity (Wildman–Crippen MR) is 124 cm³/mol. The first-order valence-electron chi connectivity index (χ1n) is 7.54. The number of rotatable bonds is 4. The Balaban J connectivity index is 0.000000244. The Morgan fingerprint density at radius 2 is 1.56 bits per heavy atom. The van der Waals surface area contributed by atoms with Crippen molar-refractivity contribution in [3.05, 3.63) is 77.5 Å².